The molecule has 0 aliphatic rings. The summed E-state index contributed by atoms with van der Waals surface area (Å²) >= 11 is 0. The van der Waals surface area contributed by atoms with Gasteiger partial charge < -0.3 is 10.6 Å². The van der Waals surface area contributed by atoms with Crippen LogP contribution in [0, 0.1) is 0 Å². The van der Waals surface area contributed by atoms with Crippen LogP contribution in [0.1, 0.15) is 6.92 Å². The second-order valence-electron chi connectivity index (χ2n) is 2.56. The van der Waals surface area contributed by atoms with Crippen molar-refractivity contribution in [3.63, 3.8) is 0 Å². The average Bonchev–Trinajstić information content (AvgIpc) is 2.10. The maximum atomic E-state index is 10.6. The van der Waals surface area contributed by atoms with E-state index in [4.69, 9.17) is 5.73 Å². The predicted molar refractivity (Wildman–Crippen MR) is 55.3 cm³/mol. The summed E-state index contributed by atoms with van der Waals surface area (Å²) in [6.45, 7) is 2.49. The molecule has 72 valence electrons. The molecule has 2 N–H and O–H groups in total. The van der Waals surface area contributed by atoms with Crippen LogP contribution in [0.25, 0.3) is 0 Å². The SMILES string of the molecule is C\C=C/C=C\C=C\CN(C)C(N)=O. The lowest BCUT2D eigenvalue weighted by Gasteiger charge is -2.09. The third-order valence-corrected chi connectivity index (χ3v) is 1.42. The Balaban J connectivity index is 3.69. The van der Waals surface area contributed by atoms with Gasteiger partial charge in [-0.2, -0.15) is 0 Å². The summed E-state index contributed by atoms with van der Waals surface area (Å²) in [5, 5.41) is 0. The van der Waals surface area contributed by atoms with Crippen LogP contribution in [0.15, 0.2) is 36.5 Å². The van der Waals surface area contributed by atoms with E-state index in [1.165, 1.54) is 4.90 Å². The molecule has 0 atom stereocenters. The number of hydrogen-bond donors (Lipinski definition) is 1. The zero-order valence-electron chi connectivity index (χ0n) is 8.10. The monoisotopic (exact) mass is 180 g/mol. The van der Waals surface area contributed by atoms with Crippen molar-refractivity contribution in [3.05, 3.63) is 36.5 Å². The predicted octanol–water partition coefficient (Wildman–Crippen LogP) is 1.69. The van der Waals surface area contributed by atoms with E-state index in [2.05, 4.69) is 0 Å². The molecule has 13 heavy (non-hydrogen) atoms. The molecule has 0 aliphatic carbocycles. The van der Waals surface area contributed by atoms with Crippen LogP contribution in [0.3, 0.4) is 0 Å². The van der Waals surface area contributed by atoms with Crippen molar-refractivity contribution in [2.45, 2.75) is 6.92 Å². The van der Waals surface area contributed by atoms with Gasteiger partial charge in [0.1, 0.15) is 0 Å². The first-order chi connectivity index (χ1) is 6.18. The van der Waals surface area contributed by atoms with Crippen molar-refractivity contribution < 1.29 is 4.79 Å². The van der Waals surface area contributed by atoms with E-state index in [9.17, 15) is 4.79 Å². The number of rotatable bonds is 4. The molecule has 0 unspecified atom stereocenters. The van der Waals surface area contributed by atoms with Gasteiger partial charge in [0.2, 0.25) is 0 Å². The van der Waals surface area contributed by atoms with Crippen LogP contribution in [0.5, 0.6) is 0 Å². The number of hydrogen-bond acceptors (Lipinski definition) is 1. The van der Waals surface area contributed by atoms with Crippen molar-refractivity contribution >= 4 is 6.03 Å². The summed E-state index contributed by atoms with van der Waals surface area (Å²) in [5.74, 6) is 0. The van der Waals surface area contributed by atoms with E-state index in [1.807, 2.05) is 43.4 Å². The largest absolute Gasteiger partial charge is 0.351 e. The summed E-state index contributed by atoms with van der Waals surface area (Å²) in [6.07, 6.45) is 11.4. The summed E-state index contributed by atoms with van der Waals surface area (Å²) < 4.78 is 0. The van der Waals surface area contributed by atoms with E-state index in [0.717, 1.165) is 0 Å². The quantitative estimate of drug-likeness (QED) is 0.657. The number of urea groups is 1. The Bertz CT molecular complexity index is 229. The van der Waals surface area contributed by atoms with Gasteiger partial charge in [-0.15, -0.1) is 0 Å². The van der Waals surface area contributed by atoms with Gasteiger partial charge in [-0.25, -0.2) is 4.79 Å². The molecule has 0 aromatic rings. The van der Waals surface area contributed by atoms with Gasteiger partial charge in [-0.1, -0.05) is 36.5 Å². The van der Waals surface area contributed by atoms with Crippen molar-refractivity contribution in [2.24, 2.45) is 5.73 Å². The highest BCUT2D eigenvalue weighted by atomic mass is 16.2. The molecule has 0 rings (SSSR count). The third kappa shape index (κ3) is 6.87. The van der Waals surface area contributed by atoms with Crippen LogP contribution in [-0.2, 0) is 0 Å². The molecule has 0 aliphatic heterocycles. The maximum Gasteiger partial charge on any atom is 0.314 e. The first-order valence-electron chi connectivity index (χ1n) is 4.13. The van der Waals surface area contributed by atoms with Crippen LogP contribution in [0.4, 0.5) is 4.79 Å². The Morgan fingerprint density at radius 2 is 1.92 bits per heavy atom. The number of primary amides is 1. The van der Waals surface area contributed by atoms with Crippen LogP contribution < -0.4 is 5.73 Å². The van der Waals surface area contributed by atoms with Gasteiger partial charge in [-0.3, -0.25) is 0 Å². The number of allylic oxidation sites excluding steroid dienone is 5. The number of likely N-dealkylation sites (N-methyl/N-ethyl adjacent to an activating group) is 1. The van der Waals surface area contributed by atoms with Crippen molar-refractivity contribution in [1.82, 2.24) is 4.90 Å². The molecule has 3 nitrogen and oxygen atoms in total. The van der Waals surface area contributed by atoms with Crippen LogP contribution >= 0.6 is 0 Å². The Hall–Kier alpha value is -1.51. The first-order valence-corrected chi connectivity index (χ1v) is 4.13. The first kappa shape index (κ1) is 11.5. The molecule has 0 saturated heterocycles. The van der Waals surface area contributed by atoms with Gasteiger partial charge in [0.05, 0.1) is 0 Å². The Morgan fingerprint density at radius 3 is 2.46 bits per heavy atom. The summed E-state index contributed by atoms with van der Waals surface area (Å²) in [4.78, 5) is 12.0. The fourth-order valence-corrected chi connectivity index (χ4v) is 0.627. The lowest BCUT2D eigenvalue weighted by Crippen LogP contribution is -2.31. The molecular formula is C10H16N2O. The summed E-state index contributed by atoms with van der Waals surface area (Å²) in [5.41, 5.74) is 5.02. The van der Waals surface area contributed by atoms with E-state index in [0.29, 0.717) is 6.54 Å². The zero-order chi connectivity index (χ0) is 10.1. The normalized spacial score (nSPS) is 11.8. The second kappa shape index (κ2) is 7.16. The van der Waals surface area contributed by atoms with Gasteiger partial charge in [0.15, 0.2) is 0 Å². The summed E-state index contributed by atoms with van der Waals surface area (Å²) in [6, 6.07) is -0.415. The summed E-state index contributed by atoms with van der Waals surface area (Å²) in [7, 11) is 1.66. The zero-order valence-corrected chi connectivity index (χ0v) is 8.10. The highest BCUT2D eigenvalue weighted by Crippen LogP contribution is 1.84. The van der Waals surface area contributed by atoms with Crippen LogP contribution in [-0.4, -0.2) is 24.5 Å². The molecule has 0 spiro atoms. The highest BCUT2D eigenvalue weighted by molar-refractivity contribution is 5.71. The Labute approximate surface area is 79.2 Å². The Kier molecular flexibility index (Phi) is 6.32. The van der Waals surface area contributed by atoms with Gasteiger partial charge in [0.25, 0.3) is 0 Å². The standard InChI is InChI=1S/C10H16N2O/c1-3-4-5-6-7-8-9-12(2)10(11)13/h3-8H,9H2,1-2H3,(H2,11,13)/b4-3-,6-5-,8-7+. The van der Waals surface area contributed by atoms with E-state index in [-0.39, 0.29) is 0 Å². The molecule has 0 radical (unpaired) electrons. The topological polar surface area (TPSA) is 46.3 Å². The molecule has 0 aromatic carbocycles. The van der Waals surface area contributed by atoms with E-state index in [1.54, 1.807) is 7.05 Å². The van der Waals surface area contributed by atoms with Gasteiger partial charge in [-0.05, 0) is 6.92 Å². The van der Waals surface area contributed by atoms with Crippen molar-refractivity contribution in [2.75, 3.05) is 13.6 Å². The fraction of sp³-hybridized carbons (Fsp3) is 0.300. The fourth-order valence-electron chi connectivity index (χ4n) is 0.627. The lowest BCUT2D eigenvalue weighted by atomic mass is 10.4. The minimum absolute atomic E-state index is 0.415. The number of carbonyl (C=O) groups excluding carboxylic acids is 1. The van der Waals surface area contributed by atoms with E-state index >= 15 is 0 Å². The third-order valence-electron chi connectivity index (χ3n) is 1.42. The molecule has 2 amide bonds. The smallest absolute Gasteiger partial charge is 0.314 e. The molecule has 0 aromatic heterocycles. The molecule has 3 heteroatoms. The molecule has 0 fully saturated rings. The lowest BCUT2D eigenvalue weighted by molar-refractivity contribution is 0.223. The molecule has 0 bridgehead atoms. The molecule has 0 saturated carbocycles. The highest BCUT2D eigenvalue weighted by Gasteiger charge is 1.96. The number of nitrogens with zero attached hydrogens (tertiary/aromatic N) is 1. The van der Waals surface area contributed by atoms with Gasteiger partial charge >= 0.3 is 6.03 Å². The molecular weight excluding hydrogens is 164 g/mol. The number of nitrogens with two attached hydrogens (primary N) is 1. The van der Waals surface area contributed by atoms with E-state index < -0.39 is 6.03 Å². The minimum Gasteiger partial charge on any atom is -0.351 e. The Morgan fingerprint density at radius 1 is 1.31 bits per heavy atom. The minimum atomic E-state index is -0.415. The van der Waals surface area contributed by atoms with Crippen LogP contribution in [0.2, 0.25) is 0 Å². The van der Waals surface area contributed by atoms with Gasteiger partial charge in [0, 0.05) is 13.6 Å². The molecule has 0 heterocycles. The second-order valence-corrected chi connectivity index (χ2v) is 2.56. The number of carbonyl (C=O) groups is 1. The average molecular weight is 180 g/mol. The number of amides is 2. The van der Waals surface area contributed by atoms with Crippen molar-refractivity contribution in [3.8, 4) is 0 Å². The van der Waals surface area contributed by atoms with Crippen molar-refractivity contribution in [1.29, 1.82) is 0 Å². The maximum absolute atomic E-state index is 10.6.